The zero-order chi connectivity index (χ0) is 22.2. The minimum Gasteiger partial charge on any atom is -0.489 e. The lowest BCUT2D eigenvalue weighted by atomic mass is 10.1. The molecule has 0 bridgehead atoms. The highest BCUT2D eigenvalue weighted by atomic mass is 32.2. The smallest absolute Gasteiger partial charge is 0.262 e. The Morgan fingerprint density at radius 2 is 1.55 bits per heavy atom. The maximum Gasteiger partial charge on any atom is 0.262 e. The summed E-state index contributed by atoms with van der Waals surface area (Å²) in [6, 6.07) is 16.7. The minimum absolute atomic E-state index is 0.0450. The van der Waals surface area contributed by atoms with Gasteiger partial charge in [-0.15, -0.1) is 11.8 Å². The van der Waals surface area contributed by atoms with Crippen molar-refractivity contribution in [2.75, 3.05) is 6.61 Å². The van der Waals surface area contributed by atoms with Crippen LogP contribution in [0.1, 0.15) is 19.4 Å². The van der Waals surface area contributed by atoms with Crippen molar-refractivity contribution in [1.29, 1.82) is 0 Å². The van der Waals surface area contributed by atoms with Crippen molar-refractivity contribution >= 4 is 29.2 Å². The molecule has 0 heterocycles. The largest absolute Gasteiger partial charge is 0.489 e. The van der Waals surface area contributed by atoms with E-state index in [4.69, 9.17) is 9.47 Å². The minimum atomic E-state index is -0.523. The third-order valence-corrected chi connectivity index (χ3v) is 5.17. The first-order valence-corrected chi connectivity index (χ1v) is 10.7. The Labute approximate surface area is 185 Å². The molecule has 0 radical (unpaired) electrons. The van der Waals surface area contributed by atoms with E-state index in [9.17, 15) is 14.4 Å². The highest BCUT2D eigenvalue weighted by Gasteiger charge is 2.22. The molecule has 0 fully saturated rings. The molecule has 1 amide bonds. The Morgan fingerprint density at radius 1 is 0.903 bits per heavy atom. The number of ether oxygens (including phenoxy) is 2. The van der Waals surface area contributed by atoms with Gasteiger partial charge in [0.25, 0.3) is 5.91 Å². The van der Waals surface area contributed by atoms with Crippen molar-refractivity contribution in [3.8, 4) is 11.5 Å². The number of carbonyl (C=O) groups is 3. The Hall–Kier alpha value is -3.32. The normalized spacial score (nSPS) is 13.5. The fourth-order valence-corrected chi connectivity index (χ4v) is 3.55. The van der Waals surface area contributed by atoms with E-state index < -0.39 is 11.7 Å². The molecule has 1 aliphatic rings. The topological polar surface area (TPSA) is 81.7 Å². The molecule has 0 aromatic heterocycles. The number of benzene rings is 2. The van der Waals surface area contributed by atoms with E-state index in [1.165, 1.54) is 17.8 Å². The van der Waals surface area contributed by atoms with Crippen molar-refractivity contribution in [3.63, 3.8) is 0 Å². The zero-order valence-electron chi connectivity index (χ0n) is 17.3. The first kappa shape index (κ1) is 22.4. The predicted octanol–water partition coefficient (Wildman–Crippen LogP) is 3.82. The van der Waals surface area contributed by atoms with Gasteiger partial charge in [0.2, 0.25) is 5.78 Å². The number of thioether (sulfide) groups is 1. The van der Waals surface area contributed by atoms with Crippen LogP contribution in [0, 0.1) is 0 Å². The molecular weight excluding hydrogens is 414 g/mol. The number of allylic oxidation sites excluding steroid dienone is 3. The molecule has 1 aliphatic carbocycles. The molecular formula is C24H23NO5S. The van der Waals surface area contributed by atoms with E-state index in [2.05, 4.69) is 5.32 Å². The Morgan fingerprint density at radius 3 is 2.19 bits per heavy atom. The Kier molecular flexibility index (Phi) is 7.67. The van der Waals surface area contributed by atoms with Gasteiger partial charge in [-0.2, -0.15) is 0 Å². The third kappa shape index (κ3) is 6.86. The maximum atomic E-state index is 12.2. The average Bonchev–Trinajstić information content (AvgIpc) is 2.75. The number of hydrogen-bond donors (Lipinski definition) is 1. The van der Waals surface area contributed by atoms with Gasteiger partial charge in [-0.05, 0) is 29.8 Å². The van der Waals surface area contributed by atoms with E-state index in [0.717, 1.165) is 11.6 Å². The lowest BCUT2D eigenvalue weighted by molar-refractivity contribution is -0.124. The van der Waals surface area contributed by atoms with Gasteiger partial charge in [-0.3, -0.25) is 14.4 Å². The van der Waals surface area contributed by atoms with Gasteiger partial charge in [0.15, 0.2) is 12.4 Å². The fraction of sp³-hybridized carbons (Fsp3) is 0.208. The van der Waals surface area contributed by atoms with Crippen LogP contribution >= 0.6 is 11.8 Å². The van der Waals surface area contributed by atoms with Gasteiger partial charge < -0.3 is 14.8 Å². The van der Waals surface area contributed by atoms with E-state index in [-0.39, 0.29) is 23.3 Å². The van der Waals surface area contributed by atoms with Crippen molar-refractivity contribution in [1.82, 2.24) is 5.32 Å². The predicted molar refractivity (Wildman–Crippen MR) is 120 cm³/mol. The zero-order valence-corrected chi connectivity index (χ0v) is 18.1. The second-order valence-corrected chi connectivity index (χ2v) is 8.66. The molecule has 3 rings (SSSR count). The van der Waals surface area contributed by atoms with Gasteiger partial charge in [-0.1, -0.05) is 44.2 Å². The van der Waals surface area contributed by atoms with Crippen molar-refractivity contribution in [2.45, 2.75) is 25.7 Å². The number of rotatable bonds is 9. The van der Waals surface area contributed by atoms with Gasteiger partial charge in [-0.25, -0.2) is 0 Å². The standard InChI is InChI=1S/C24H23NO5S/c1-16(2)31-23-13-21(26)20(12-22(23)27)25-24(28)15-30-19-10-8-18(9-11-19)29-14-17-6-4-3-5-7-17/h3-13,16H,14-15H2,1-2H3,(H,25,28). The molecule has 0 aliphatic heterocycles. The number of hydrogen-bond acceptors (Lipinski definition) is 6. The van der Waals surface area contributed by atoms with Gasteiger partial charge in [0.05, 0.1) is 10.6 Å². The summed E-state index contributed by atoms with van der Waals surface area (Å²) in [5, 5.41) is 2.62. The molecule has 160 valence electrons. The fourth-order valence-electron chi connectivity index (χ4n) is 2.69. The SMILES string of the molecule is CC(C)SC1=CC(=O)C(NC(=O)COc2ccc(OCc3ccccc3)cc2)=CC1=O. The molecule has 0 saturated heterocycles. The number of nitrogens with one attached hydrogen (secondary N) is 1. The molecule has 7 heteroatoms. The second kappa shape index (κ2) is 10.6. The summed E-state index contributed by atoms with van der Waals surface area (Å²) < 4.78 is 11.2. The van der Waals surface area contributed by atoms with E-state index in [1.54, 1.807) is 24.3 Å². The van der Waals surface area contributed by atoms with Crippen LogP contribution in [0.25, 0.3) is 0 Å². The van der Waals surface area contributed by atoms with Crippen LogP contribution in [0.15, 0.2) is 77.4 Å². The quantitative estimate of drug-likeness (QED) is 0.601. The van der Waals surface area contributed by atoms with Gasteiger partial charge >= 0.3 is 0 Å². The van der Waals surface area contributed by atoms with Crippen LogP contribution in [0.3, 0.4) is 0 Å². The van der Waals surface area contributed by atoms with Crippen LogP contribution in [0.5, 0.6) is 11.5 Å². The van der Waals surface area contributed by atoms with E-state index in [1.807, 2.05) is 44.2 Å². The number of carbonyl (C=O) groups excluding carboxylic acids is 3. The highest BCUT2D eigenvalue weighted by Crippen LogP contribution is 2.25. The summed E-state index contributed by atoms with van der Waals surface area (Å²) in [6.45, 7) is 4.03. The Balaban J connectivity index is 1.46. The molecule has 6 nitrogen and oxygen atoms in total. The second-order valence-electron chi connectivity index (χ2n) is 7.04. The summed E-state index contributed by atoms with van der Waals surface area (Å²) in [4.78, 5) is 36.8. The molecule has 0 unspecified atom stereocenters. The third-order valence-electron chi connectivity index (χ3n) is 4.12. The molecule has 31 heavy (non-hydrogen) atoms. The first-order valence-electron chi connectivity index (χ1n) is 9.79. The molecule has 0 atom stereocenters. The Bertz CT molecular complexity index is 1010. The van der Waals surface area contributed by atoms with Crippen LogP contribution in [0.2, 0.25) is 0 Å². The van der Waals surface area contributed by atoms with Gasteiger partial charge in [0, 0.05) is 17.4 Å². The van der Waals surface area contributed by atoms with Crippen LogP contribution in [-0.4, -0.2) is 29.3 Å². The highest BCUT2D eigenvalue weighted by molar-refractivity contribution is 8.04. The molecule has 0 spiro atoms. The lowest BCUT2D eigenvalue weighted by Crippen LogP contribution is -2.33. The number of ketones is 2. The molecule has 2 aromatic rings. The van der Waals surface area contributed by atoms with E-state index in [0.29, 0.717) is 23.0 Å². The molecule has 2 aromatic carbocycles. The van der Waals surface area contributed by atoms with Gasteiger partial charge in [0.1, 0.15) is 18.1 Å². The summed E-state index contributed by atoms with van der Waals surface area (Å²) in [6.07, 6.45) is 2.42. The average molecular weight is 438 g/mol. The van der Waals surface area contributed by atoms with Crippen LogP contribution in [-0.2, 0) is 21.0 Å². The van der Waals surface area contributed by atoms with Crippen molar-refractivity contribution in [3.05, 3.63) is 82.9 Å². The first-order chi connectivity index (χ1) is 14.9. The van der Waals surface area contributed by atoms with Crippen LogP contribution in [0.4, 0.5) is 0 Å². The van der Waals surface area contributed by atoms with Crippen molar-refractivity contribution in [2.24, 2.45) is 0 Å². The summed E-state index contributed by atoms with van der Waals surface area (Å²) >= 11 is 1.32. The molecule has 0 saturated carbocycles. The maximum absolute atomic E-state index is 12.2. The van der Waals surface area contributed by atoms with Crippen LogP contribution < -0.4 is 14.8 Å². The summed E-state index contributed by atoms with van der Waals surface area (Å²) in [5.41, 5.74) is 1.02. The molecule has 1 N–H and O–H groups in total. The van der Waals surface area contributed by atoms with E-state index >= 15 is 0 Å². The summed E-state index contributed by atoms with van der Waals surface area (Å²) in [7, 11) is 0. The van der Waals surface area contributed by atoms with Crippen molar-refractivity contribution < 1.29 is 23.9 Å². The summed E-state index contributed by atoms with van der Waals surface area (Å²) in [5.74, 6) is -0.0569. The number of amides is 1. The monoisotopic (exact) mass is 437 g/mol. The lowest BCUT2D eigenvalue weighted by Gasteiger charge is -2.14.